The van der Waals surface area contributed by atoms with Crippen molar-refractivity contribution in [2.24, 2.45) is 5.92 Å². The molecule has 0 aromatic rings. The average Bonchev–Trinajstić information content (AvgIpc) is 2.37. The molecule has 7 heteroatoms. The van der Waals surface area contributed by atoms with Crippen molar-refractivity contribution in [3.8, 4) is 6.07 Å². The molecule has 0 radical (unpaired) electrons. The monoisotopic (exact) mass is 271 g/mol. The SMILES string of the molecule is CC(C#N)CN(C)C(=O)N1CCSCC1C(=O)O. The molecule has 0 saturated carbocycles. The van der Waals surface area contributed by atoms with Crippen LogP contribution in [0.4, 0.5) is 4.79 Å². The lowest BCUT2D eigenvalue weighted by molar-refractivity contribution is -0.141. The third kappa shape index (κ3) is 3.53. The van der Waals surface area contributed by atoms with Crippen LogP contribution >= 0.6 is 11.8 Å². The first-order valence-corrected chi connectivity index (χ1v) is 6.84. The summed E-state index contributed by atoms with van der Waals surface area (Å²) in [6.07, 6.45) is 0. The van der Waals surface area contributed by atoms with Gasteiger partial charge in [0.1, 0.15) is 6.04 Å². The van der Waals surface area contributed by atoms with Crippen LogP contribution in [-0.4, -0.2) is 64.6 Å². The maximum absolute atomic E-state index is 12.1. The molecule has 0 bridgehead atoms. The lowest BCUT2D eigenvalue weighted by atomic mass is 10.2. The maximum Gasteiger partial charge on any atom is 0.327 e. The van der Waals surface area contributed by atoms with Gasteiger partial charge in [0.25, 0.3) is 0 Å². The van der Waals surface area contributed by atoms with Gasteiger partial charge >= 0.3 is 12.0 Å². The van der Waals surface area contributed by atoms with Gasteiger partial charge in [0.05, 0.1) is 12.0 Å². The van der Waals surface area contributed by atoms with E-state index in [1.807, 2.05) is 0 Å². The number of hydrogen-bond acceptors (Lipinski definition) is 4. The number of thioether (sulfide) groups is 1. The van der Waals surface area contributed by atoms with Crippen LogP contribution in [0.3, 0.4) is 0 Å². The highest BCUT2D eigenvalue weighted by atomic mass is 32.2. The Bertz CT molecular complexity index is 369. The molecule has 1 rings (SSSR count). The van der Waals surface area contributed by atoms with Crippen molar-refractivity contribution in [3.05, 3.63) is 0 Å². The first-order chi connectivity index (χ1) is 8.47. The zero-order valence-corrected chi connectivity index (χ0v) is 11.3. The molecule has 1 saturated heterocycles. The third-order valence-electron chi connectivity index (χ3n) is 2.75. The molecule has 1 N–H and O–H groups in total. The van der Waals surface area contributed by atoms with Gasteiger partial charge in [0.2, 0.25) is 0 Å². The third-order valence-corrected chi connectivity index (χ3v) is 3.78. The lowest BCUT2D eigenvalue weighted by Crippen LogP contribution is -2.54. The fraction of sp³-hybridized carbons (Fsp3) is 0.727. The number of rotatable bonds is 3. The zero-order valence-electron chi connectivity index (χ0n) is 10.5. The van der Waals surface area contributed by atoms with Gasteiger partial charge in [-0.25, -0.2) is 9.59 Å². The molecule has 1 fully saturated rings. The average molecular weight is 271 g/mol. The quantitative estimate of drug-likeness (QED) is 0.816. The van der Waals surface area contributed by atoms with Crippen molar-refractivity contribution in [2.45, 2.75) is 13.0 Å². The van der Waals surface area contributed by atoms with Gasteiger partial charge in [-0.05, 0) is 6.92 Å². The molecule has 0 aromatic carbocycles. The van der Waals surface area contributed by atoms with Crippen molar-refractivity contribution in [3.63, 3.8) is 0 Å². The highest BCUT2D eigenvalue weighted by molar-refractivity contribution is 7.99. The fourth-order valence-electron chi connectivity index (χ4n) is 1.79. The van der Waals surface area contributed by atoms with Gasteiger partial charge in [-0.1, -0.05) is 0 Å². The number of nitriles is 1. The Morgan fingerprint density at radius 1 is 1.67 bits per heavy atom. The lowest BCUT2D eigenvalue weighted by Gasteiger charge is -2.35. The van der Waals surface area contributed by atoms with Gasteiger partial charge in [-0.3, -0.25) is 0 Å². The molecule has 1 aliphatic heterocycles. The van der Waals surface area contributed by atoms with Gasteiger partial charge in [-0.15, -0.1) is 0 Å². The van der Waals surface area contributed by atoms with E-state index in [9.17, 15) is 9.59 Å². The van der Waals surface area contributed by atoms with Gasteiger partial charge < -0.3 is 14.9 Å². The minimum atomic E-state index is -0.975. The summed E-state index contributed by atoms with van der Waals surface area (Å²) in [7, 11) is 1.59. The Hall–Kier alpha value is -1.42. The van der Waals surface area contributed by atoms with Gasteiger partial charge in [0, 0.05) is 31.6 Å². The van der Waals surface area contributed by atoms with Crippen molar-refractivity contribution >= 4 is 23.8 Å². The van der Waals surface area contributed by atoms with E-state index in [4.69, 9.17) is 10.4 Å². The molecule has 2 unspecified atom stereocenters. The molecule has 18 heavy (non-hydrogen) atoms. The number of hydrogen-bond donors (Lipinski definition) is 1. The number of urea groups is 1. The summed E-state index contributed by atoms with van der Waals surface area (Å²) in [5, 5.41) is 17.8. The summed E-state index contributed by atoms with van der Waals surface area (Å²) in [4.78, 5) is 26.0. The van der Waals surface area contributed by atoms with Crippen molar-refractivity contribution < 1.29 is 14.7 Å². The molecule has 2 amide bonds. The Morgan fingerprint density at radius 2 is 2.33 bits per heavy atom. The van der Waals surface area contributed by atoms with Crippen molar-refractivity contribution in [1.82, 2.24) is 9.80 Å². The van der Waals surface area contributed by atoms with E-state index in [1.54, 1.807) is 14.0 Å². The minimum absolute atomic E-state index is 0.263. The smallest absolute Gasteiger partial charge is 0.327 e. The predicted octanol–water partition coefficient (Wildman–Crippen LogP) is 0.700. The Kier molecular flexibility index (Phi) is 5.28. The molecular weight excluding hydrogens is 254 g/mol. The second-order valence-electron chi connectivity index (χ2n) is 4.32. The molecule has 0 aromatic heterocycles. The molecular formula is C11H17N3O3S. The van der Waals surface area contributed by atoms with Crippen LogP contribution in [0.5, 0.6) is 0 Å². The Balaban J connectivity index is 2.68. The van der Waals surface area contributed by atoms with E-state index in [2.05, 4.69) is 6.07 Å². The summed E-state index contributed by atoms with van der Waals surface area (Å²) in [6, 6.07) is 0.972. The number of carbonyl (C=O) groups is 2. The highest BCUT2D eigenvalue weighted by Crippen LogP contribution is 2.18. The maximum atomic E-state index is 12.1. The fourth-order valence-corrected chi connectivity index (χ4v) is 2.82. The molecule has 1 aliphatic rings. The number of carboxylic acids is 1. The van der Waals surface area contributed by atoms with Crippen molar-refractivity contribution in [1.29, 1.82) is 5.26 Å². The van der Waals surface area contributed by atoms with Crippen LogP contribution < -0.4 is 0 Å². The van der Waals surface area contributed by atoms with E-state index in [0.29, 0.717) is 18.8 Å². The van der Waals surface area contributed by atoms with E-state index in [1.165, 1.54) is 21.6 Å². The second kappa shape index (κ2) is 6.50. The molecule has 1 heterocycles. The van der Waals surface area contributed by atoms with Crippen LogP contribution in [0.1, 0.15) is 6.92 Å². The van der Waals surface area contributed by atoms with Crippen LogP contribution in [0.15, 0.2) is 0 Å². The second-order valence-corrected chi connectivity index (χ2v) is 5.47. The summed E-state index contributed by atoms with van der Waals surface area (Å²) >= 11 is 1.54. The van der Waals surface area contributed by atoms with E-state index in [0.717, 1.165) is 5.75 Å². The summed E-state index contributed by atoms with van der Waals surface area (Å²) in [5.74, 6) is -0.0708. The summed E-state index contributed by atoms with van der Waals surface area (Å²) in [6.45, 7) is 2.47. The number of aliphatic carboxylic acids is 1. The first kappa shape index (κ1) is 14.6. The molecule has 0 spiro atoms. The van der Waals surface area contributed by atoms with Crippen LogP contribution in [-0.2, 0) is 4.79 Å². The number of carboxylic acid groups (broad SMARTS) is 1. The van der Waals surface area contributed by atoms with Crippen LogP contribution in [0.25, 0.3) is 0 Å². The Morgan fingerprint density at radius 3 is 2.89 bits per heavy atom. The van der Waals surface area contributed by atoms with Gasteiger partial charge in [-0.2, -0.15) is 17.0 Å². The zero-order chi connectivity index (χ0) is 13.7. The normalized spacial score (nSPS) is 20.9. The molecule has 100 valence electrons. The molecule has 0 aliphatic carbocycles. The summed E-state index contributed by atoms with van der Waals surface area (Å²) in [5.41, 5.74) is 0. The van der Waals surface area contributed by atoms with E-state index in [-0.39, 0.29) is 11.9 Å². The van der Waals surface area contributed by atoms with Crippen LogP contribution in [0.2, 0.25) is 0 Å². The summed E-state index contributed by atoms with van der Waals surface area (Å²) < 4.78 is 0. The first-order valence-electron chi connectivity index (χ1n) is 5.69. The van der Waals surface area contributed by atoms with Crippen LogP contribution in [0, 0.1) is 17.2 Å². The van der Waals surface area contributed by atoms with E-state index >= 15 is 0 Å². The van der Waals surface area contributed by atoms with Crippen molar-refractivity contribution in [2.75, 3.05) is 31.6 Å². The highest BCUT2D eigenvalue weighted by Gasteiger charge is 2.34. The number of carbonyl (C=O) groups excluding carboxylic acids is 1. The predicted molar refractivity (Wildman–Crippen MR) is 68.3 cm³/mol. The molecule has 2 atom stereocenters. The minimum Gasteiger partial charge on any atom is -0.480 e. The standard InChI is InChI=1S/C11H17N3O3S/c1-8(5-12)6-13(2)11(17)14-3-4-18-7-9(14)10(15)16/h8-9H,3-4,6-7H2,1-2H3,(H,15,16). The molecule has 6 nitrogen and oxygen atoms in total. The van der Waals surface area contributed by atoms with Gasteiger partial charge in [0.15, 0.2) is 0 Å². The number of amides is 2. The topological polar surface area (TPSA) is 84.6 Å². The number of nitrogens with zero attached hydrogens (tertiary/aromatic N) is 3. The Labute approximate surface area is 111 Å². The largest absolute Gasteiger partial charge is 0.480 e. The van der Waals surface area contributed by atoms with E-state index < -0.39 is 12.0 Å².